The van der Waals surface area contributed by atoms with Crippen LogP contribution in [0.15, 0.2) is 30.5 Å². The molecule has 0 spiro atoms. The van der Waals surface area contributed by atoms with Crippen molar-refractivity contribution in [3.8, 4) is 11.3 Å². The lowest BCUT2D eigenvalue weighted by atomic mass is 9.96. The number of benzene rings is 1. The van der Waals surface area contributed by atoms with Crippen molar-refractivity contribution in [2.24, 2.45) is 11.8 Å². The zero-order chi connectivity index (χ0) is 18.2. The number of halogens is 3. The molecular weight excluding hydrogens is 335 g/mol. The molecule has 1 saturated heterocycles. The largest absolute Gasteiger partial charge is 0.481 e. The third-order valence-electron chi connectivity index (χ3n) is 4.55. The number of H-pyrrole nitrogens is 1. The summed E-state index contributed by atoms with van der Waals surface area (Å²) in [5.74, 6) is -4.69. The number of carboxylic acids is 1. The number of aromatic amines is 1. The third-order valence-corrected chi connectivity index (χ3v) is 4.55. The van der Waals surface area contributed by atoms with Crippen LogP contribution in [0.3, 0.4) is 0 Å². The summed E-state index contributed by atoms with van der Waals surface area (Å²) in [6, 6.07) is 7.70. The van der Waals surface area contributed by atoms with E-state index in [-0.39, 0.29) is 19.6 Å². The highest BCUT2D eigenvalue weighted by molar-refractivity contribution is 5.71. The van der Waals surface area contributed by atoms with Gasteiger partial charge < -0.3 is 5.11 Å². The van der Waals surface area contributed by atoms with Crippen LogP contribution in [0, 0.1) is 18.8 Å². The maximum Gasteiger partial charge on any atom is 0.393 e. The summed E-state index contributed by atoms with van der Waals surface area (Å²) in [6.45, 7) is 1.72. The second kappa shape index (κ2) is 6.51. The smallest absolute Gasteiger partial charge is 0.393 e. The van der Waals surface area contributed by atoms with E-state index in [1.54, 1.807) is 6.20 Å². The van der Waals surface area contributed by atoms with Gasteiger partial charge in [0.1, 0.15) is 0 Å². The highest BCUT2D eigenvalue weighted by Gasteiger charge is 2.52. The number of aryl methyl sites for hydroxylation is 1. The Morgan fingerprint density at radius 3 is 2.76 bits per heavy atom. The van der Waals surface area contributed by atoms with Gasteiger partial charge in [-0.25, -0.2) is 0 Å². The Hall–Kier alpha value is -2.35. The molecule has 0 aliphatic carbocycles. The first-order chi connectivity index (χ1) is 11.8. The first-order valence-electron chi connectivity index (χ1n) is 7.87. The van der Waals surface area contributed by atoms with E-state index in [1.807, 2.05) is 31.2 Å². The van der Waals surface area contributed by atoms with E-state index in [0.717, 1.165) is 22.4 Å². The van der Waals surface area contributed by atoms with Gasteiger partial charge in [0.2, 0.25) is 0 Å². The molecule has 2 N–H and O–H groups in total. The molecule has 1 aromatic carbocycles. The fourth-order valence-electron chi connectivity index (χ4n) is 3.32. The number of aliphatic carboxylic acids is 1. The van der Waals surface area contributed by atoms with E-state index in [1.165, 1.54) is 4.90 Å². The first kappa shape index (κ1) is 17.5. The number of nitrogens with one attached hydrogen (secondary N) is 1. The first-order valence-corrected chi connectivity index (χ1v) is 7.87. The highest BCUT2D eigenvalue weighted by Crippen LogP contribution is 2.38. The summed E-state index contributed by atoms with van der Waals surface area (Å²) in [7, 11) is 0. The van der Waals surface area contributed by atoms with Gasteiger partial charge in [0.25, 0.3) is 0 Å². The summed E-state index contributed by atoms with van der Waals surface area (Å²) < 4.78 is 39.3. The van der Waals surface area contributed by atoms with Gasteiger partial charge in [-0.15, -0.1) is 0 Å². The molecule has 0 saturated carbocycles. The van der Waals surface area contributed by atoms with Crippen LogP contribution in [0.1, 0.15) is 11.1 Å². The maximum absolute atomic E-state index is 13.1. The third kappa shape index (κ3) is 3.68. The lowest BCUT2D eigenvalue weighted by Gasteiger charge is -2.18. The van der Waals surface area contributed by atoms with Crippen molar-refractivity contribution in [3.05, 3.63) is 41.6 Å². The summed E-state index contributed by atoms with van der Waals surface area (Å²) >= 11 is 0. The number of hydrogen-bond acceptors (Lipinski definition) is 3. The minimum atomic E-state index is -4.52. The van der Waals surface area contributed by atoms with Gasteiger partial charge >= 0.3 is 12.1 Å². The predicted octanol–water partition coefficient (Wildman–Crippen LogP) is 3.08. The van der Waals surface area contributed by atoms with E-state index >= 15 is 0 Å². The van der Waals surface area contributed by atoms with Gasteiger partial charge in [-0.2, -0.15) is 18.3 Å². The molecule has 0 amide bonds. The molecule has 2 aromatic rings. The molecule has 1 fully saturated rings. The van der Waals surface area contributed by atoms with Crippen LogP contribution in [-0.4, -0.2) is 45.4 Å². The number of rotatable bonds is 4. The Bertz CT molecular complexity index is 772. The summed E-state index contributed by atoms with van der Waals surface area (Å²) in [5.41, 5.74) is 3.44. The van der Waals surface area contributed by atoms with Crippen molar-refractivity contribution in [1.29, 1.82) is 0 Å². The fourth-order valence-corrected chi connectivity index (χ4v) is 3.32. The van der Waals surface area contributed by atoms with Gasteiger partial charge in [-0.1, -0.05) is 23.8 Å². The predicted molar refractivity (Wildman–Crippen MR) is 84.7 cm³/mol. The van der Waals surface area contributed by atoms with Gasteiger partial charge in [-0.3, -0.25) is 14.8 Å². The molecule has 1 aliphatic rings. The molecule has 2 atom stereocenters. The lowest BCUT2D eigenvalue weighted by molar-refractivity contribution is -0.188. The van der Waals surface area contributed by atoms with Gasteiger partial charge in [0.15, 0.2) is 0 Å². The summed E-state index contributed by atoms with van der Waals surface area (Å²) in [6.07, 6.45) is -2.94. The quantitative estimate of drug-likeness (QED) is 0.886. The van der Waals surface area contributed by atoms with Gasteiger partial charge in [0.05, 0.1) is 23.7 Å². The number of nitrogens with zero attached hydrogens (tertiary/aromatic N) is 2. The van der Waals surface area contributed by atoms with Gasteiger partial charge in [0, 0.05) is 30.8 Å². The molecule has 0 unspecified atom stereocenters. The average molecular weight is 353 g/mol. The van der Waals surface area contributed by atoms with E-state index < -0.39 is 24.0 Å². The van der Waals surface area contributed by atoms with Crippen molar-refractivity contribution in [3.63, 3.8) is 0 Å². The number of hydrogen-bond donors (Lipinski definition) is 2. The average Bonchev–Trinajstić information content (AvgIpc) is 3.14. The molecule has 25 heavy (non-hydrogen) atoms. The van der Waals surface area contributed by atoms with E-state index in [2.05, 4.69) is 10.2 Å². The van der Waals surface area contributed by atoms with Crippen molar-refractivity contribution >= 4 is 5.97 Å². The molecule has 0 bridgehead atoms. The fraction of sp³-hybridized carbons (Fsp3) is 0.412. The monoisotopic (exact) mass is 353 g/mol. The van der Waals surface area contributed by atoms with E-state index in [9.17, 15) is 18.0 Å². The Morgan fingerprint density at radius 1 is 1.40 bits per heavy atom. The Labute approximate surface area is 142 Å². The Morgan fingerprint density at radius 2 is 2.16 bits per heavy atom. The number of carboxylic acid groups (broad SMARTS) is 1. The summed E-state index contributed by atoms with van der Waals surface area (Å²) in [5, 5.41) is 16.0. The highest BCUT2D eigenvalue weighted by atomic mass is 19.4. The van der Waals surface area contributed by atoms with Crippen molar-refractivity contribution in [2.45, 2.75) is 19.6 Å². The molecule has 134 valence electrons. The second-order valence-corrected chi connectivity index (χ2v) is 6.43. The number of carbonyl (C=O) groups is 1. The lowest BCUT2D eigenvalue weighted by Crippen LogP contribution is -2.33. The minimum Gasteiger partial charge on any atom is -0.481 e. The van der Waals surface area contributed by atoms with Crippen molar-refractivity contribution in [2.75, 3.05) is 13.1 Å². The SMILES string of the molecule is Cc1cccc(-c2[nH]ncc2CN2C[C@@H](C(F)(F)F)[C@H](C(=O)O)C2)c1. The molecule has 8 heteroatoms. The van der Waals surface area contributed by atoms with Crippen molar-refractivity contribution < 1.29 is 23.1 Å². The van der Waals surface area contributed by atoms with Crippen LogP contribution < -0.4 is 0 Å². The molecule has 1 aromatic heterocycles. The maximum atomic E-state index is 13.1. The van der Waals surface area contributed by atoms with Crippen LogP contribution in [0.4, 0.5) is 13.2 Å². The topological polar surface area (TPSA) is 69.2 Å². The second-order valence-electron chi connectivity index (χ2n) is 6.43. The number of alkyl halides is 3. The van der Waals surface area contributed by atoms with Crippen LogP contribution in [0.5, 0.6) is 0 Å². The molecule has 3 rings (SSSR count). The number of aromatic nitrogens is 2. The van der Waals surface area contributed by atoms with Crippen LogP contribution >= 0.6 is 0 Å². The standard InChI is InChI=1S/C17H18F3N3O2/c1-10-3-2-4-11(5-10)15-12(6-21-22-15)7-23-8-13(16(24)25)14(9-23)17(18,19)20/h2-6,13-14H,7-9H2,1H3,(H,21,22)(H,24,25)/t13-,14-/m1/s1. The van der Waals surface area contributed by atoms with Crippen LogP contribution in [-0.2, 0) is 11.3 Å². The van der Waals surface area contributed by atoms with E-state index in [0.29, 0.717) is 0 Å². The summed E-state index contributed by atoms with van der Waals surface area (Å²) in [4.78, 5) is 12.7. The van der Waals surface area contributed by atoms with E-state index in [4.69, 9.17) is 5.11 Å². The zero-order valence-corrected chi connectivity index (χ0v) is 13.5. The Balaban J connectivity index is 1.80. The number of likely N-dealkylation sites (tertiary alicyclic amines) is 1. The van der Waals surface area contributed by atoms with Crippen LogP contribution in [0.2, 0.25) is 0 Å². The van der Waals surface area contributed by atoms with Gasteiger partial charge in [-0.05, 0) is 13.0 Å². The molecule has 0 radical (unpaired) electrons. The van der Waals surface area contributed by atoms with Crippen molar-refractivity contribution in [1.82, 2.24) is 15.1 Å². The molecular formula is C17H18F3N3O2. The Kier molecular flexibility index (Phi) is 4.55. The molecule has 5 nitrogen and oxygen atoms in total. The zero-order valence-electron chi connectivity index (χ0n) is 13.5. The molecule has 1 aliphatic heterocycles. The minimum absolute atomic E-state index is 0.127. The normalized spacial score (nSPS) is 21.6. The van der Waals surface area contributed by atoms with Crippen LogP contribution in [0.25, 0.3) is 11.3 Å². The molecule has 2 heterocycles.